The van der Waals surface area contributed by atoms with Crippen LogP contribution in [-0.2, 0) is 42.9 Å². The van der Waals surface area contributed by atoms with Crippen molar-refractivity contribution in [3.8, 4) is 0 Å². The molecule has 1 N–H and O–H groups in total. The molecule has 4 aromatic rings. The number of aromatic nitrogens is 2. The highest BCUT2D eigenvalue weighted by molar-refractivity contribution is 7.90. The van der Waals surface area contributed by atoms with Gasteiger partial charge in [-0.1, -0.05) is 30.3 Å². The summed E-state index contributed by atoms with van der Waals surface area (Å²) < 4.78 is 46.3. The number of nitrogens with zero attached hydrogens (tertiary/aromatic N) is 2. The number of hydrogen-bond acceptors (Lipinski definition) is 7. The molecule has 8 nitrogen and oxygen atoms in total. The molecule has 0 fully saturated rings. The average Bonchev–Trinajstić information content (AvgIpc) is 3.38. The van der Waals surface area contributed by atoms with E-state index in [1.165, 1.54) is 35.7 Å². The number of anilines is 1. The molecule has 182 valence electrons. The van der Waals surface area contributed by atoms with Gasteiger partial charge in [-0.25, -0.2) is 17.8 Å². The quantitative estimate of drug-likeness (QED) is 0.338. The minimum Gasteiger partial charge on any atom is -0.466 e. The van der Waals surface area contributed by atoms with Gasteiger partial charge in [0.15, 0.2) is 15.0 Å². The molecular formula is C24H22FN3O5S2. The lowest BCUT2D eigenvalue weighted by Gasteiger charge is -2.05. The number of nitrogens with one attached hydrogen (secondary N) is 1. The number of fused-ring (bicyclic) bond motifs is 1. The van der Waals surface area contributed by atoms with E-state index in [0.717, 1.165) is 0 Å². The van der Waals surface area contributed by atoms with Crippen molar-refractivity contribution < 1.29 is 27.1 Å². The van der Waals surface area contributed by atoms with Crippen molar-refractivity contribution in [2.75, 3.05) is 11.9 Å². The molecule has 1 amide bonds. The third-order valence-corrected chi connectivity index (χ3v) is 7.59. The Balaban J connectivity index is 1.53. The Labute approximate surface area is 205 Å². The highest BCUT2D eigenvalue weighted by Crippen LogP contribution is 2.28. The third kappa shape index (κ3) is 5.92. The molecule has 0 bridgehead atoms. The fourth-order valence-electron chi connectivity index (χ4n) is 3.63. The average molecular weight is 516 g/mol. The van der Waals surface area contributed by atoms with Crippen LogP contribution in [-0.4, -0.2) is 36.5 Å². The molecule has 0 saturated carbocycles. The van der Waals surface area contributed by atoms with E-state index in [9.17, 15) is 22.4 Å². The molecule has 0 saturated heterocycles. The van der Waals surface area contributed by atoms with Crippen molar-refractivity contribution in [3.05, 3.63) is 77.2 Å². The van der Waals surface area contributed by atoms with E-state index in [2.05, 4.69) is 10.3 Å². The first kappa shape index (κ1) is 24.6. The van der Waals surface area contributed by atoms with Gasteiger partial charge in [-0.05, 0) is 30.7 Å². The van der Waals surface area contributed by atoms with Crippen LogP contribution in [0.1, 0.15) is 18.2 Å². The van der Waals surface area contributed by atoms with Crippen LogP contribution in [0.2, 0.25) is 0 Å². The molecule has 2 aromatic heterocycles. The Morgan fingerprint density at radius 1 is 1.17 bits per heavy atom. The van der Waals surface area contributed by atoms with E-state index in [1.54, 1.807) is 47.2 Å². The molecule has 0 aliphatic heterocycles. The van der Waals surface area contributed by atoms with Crippen molar-refractivity contribution in [2.24, 2.45) is 0 Å². The van der Waals surface area contributed by atoms with Crippen LogP contribution >= 0.6 is 11.3 Å². The lowest BCUT2D eigenvalue weighted by molar-refractivity contribution is -0.142. The van der Waals surface area contributed by atoms with Crippen LogP contribution in [0.25, 0.3) is 10.9 Å². The van der Waals surface area contributed by atoms with Gasteiger partial charge in [-0.3, -0.25) is 9.59 Å². The number of para-hydroxylation sites is 1. The first-order valence-electron chi connectivity index (χ1n) is 10.7. The normalized spacial score (nSPS) is 11.5. The lowest BCUT2D eigenvalue weighted by atomic mass is 10.2. The number of carbonyl (C=O) groups is 2. The first-order chi connectivity index (χ1) is 16.7. The molecule has 0 aliphatic rings. The van der Waals surface area contributed by atoms with E-state index in [4.69, 9.17) is 4.74 Å². The first-order valence-corrected chi connectivity index (χ1v) is 13.2. The predicted octanol–water partition coefficient (Wildman–Crippen LogP) is 3.96. The Kier molecular flexibility index (Phi) is 7.27. The van der Waals surface area contributed by atoms with Gasteiger partial charge in [-0.15, -0.1) is 11.3 Å². The second-order valence-corrected chi connectivity index (χ2v) is 10.5. The zero-order chi connectivity index (χ0) is 25.0. The number of halogens is 1. The fourth-order valence-corrected chi connectivity index (χ4v) is 5.93. The highest BCUT2D eigenvalue weighted by Gasteiger charge is 2.23. The molecule has 0 unspecified atom stereocenters. The Bertz CT molecular complexity index is 1490. The molecule has 0 aliphatic carbocycles. The van der Waals surface area contributed by atoms with Crippen molar-refractivity contribution in [1.82, 2.24) is 9.55 Å². The standard InChI is InChI=1S/C24H22FN3O5S2/c1-2-33-23(30)11-18-14-34-24(26-18)27-22(29)13-28-12-21(19-8-3-4-9-20(19)28)35(31,32)15-16-6-5-7-17(25)10-16/h3-10,12,14H,2,11,13,15H2,1H3,(H,26,27,29). The topological polar surface area (TPSA) is 107 Å². The zero-order valence-corrected chi connectivity index (χ0v) is 20.4. The number of carbonyl (C=O) groups excluding carboxylic acids is 2. The number of hydrogen-bond donors (Lipinski definition) is 1. The number of benzene rings is 2. The van der Waals surface area contributed by atoms with Gasteiger partial charge < -0.3 is 14.6 Å². The van der Waals surface area contributed by atoms with Gasteiger partial charge >= 0.3 is 5.97 Å². The molecule has 35 heavy (non-hydrogen) atoms. The molecule has 0 spiro atoms. The summed E-state index contributed by atoms with van der Waals surface area (Å²) in [5.74, 6) is -1.68. The number of amides is 1. The summed E-state index contributed by atoms with van der Waals surface area (Å²) >= 11 is 1.18. The smallest absolute Gasteiger partial charge is 0.311 e. The third-order valence-electron chi connectivity index (χ3n) is 5.08. The maximum absolute atomic E-state index is 13.6. The molecule has 0 radical (unpaired) electrons. The van der Waals surface area contributed by atoms with Gasteiger partial charge in [0.25, 0.3) is 0 Å². The Hall–Kier alpha value is -3.57. The fraction of sp³-hybridized carbons (Fsp3) is 0.208. The maximum Gasteiger partial charge on any atom is 0.311 e. The summed E-state index contributed by atoms with van der Waals surface area (Å²) in [6, 6.07) is 12.3. The van der Waals surface area contributed by atoms with Crippen LogP contribution < -0.4 is 5.32 Å². The summed E-state index contributed by atoms with van der Waals surface area (Å²) in [5.41, 5.74) is 1.39. The minimum atomic E-state index is -3.82. The van der Waals surface area contributed by atoms with Crippen LogP contribution in [0.5, 0.6) is 0 Å². The molecule has 0 atom stereocenters. The van der Waals surface area contributed by atoms with E-state index in [1.807, 2.05) is 0 Å². The summed E-state index contributed by atoms with van der Waals surface area (Å²) in [6.07, 6.45) is 1.43. The van der Waals surface area contributed by atoms with E-state index in [-0.39, 0.29) is 30.2 Å². The molecule has 2 aromatic carbocycles. The van der Waals surface area contributed by atoms with Gasteiger partial charge in [0, 0.05) is 22.5 Å². The number of esters is 1. The molecule has 4 rings (SSSR count). The van der Waals surface area contributed by atoms with Gasteiger partial charge in [0.05, 0.1) is 29.4 Å². The van der Waals surface area contributed by atoms with Crippen LogP contribution in [0.15, 0.2) is 65.0 Å². The van der Waals surface area contributed by atoms with E-state index >= 15 is 0 Å². The summed E-state index contributed by atoms with van der Waals surface area (Å²) in [6.45, 7) is 1.84. The highest BCUT2D eigenvalue weighted by atomic mass is 32.2. The number of rotatable bonds is 9. The number of thiazole rings is 1. The summed E-state index contributed by atoms with van der Waals surface area (Å²) in [7, 11) is -3.82. The van der Waals surface area contributed by atoms with E-state index in [0.29, 0.717) is 27.3 Å². The zero-order valence-electron chi connectivity index (χ0n) is 18.7. The SMILES string of the molecule is CCOC(=O)Cc1csc(NC(=O)Cn2cc(S(=O)(=O)Cc3cccc(F)c3)c3ccccc32)n1. The van der Waals surface area contributed by atoms with Crippen LogP contribution in [0.3, 0.4) is 0 Å². The second kappa shape index (κ2) is 10.4. The number of sulfone groups is 1. The van der Waals surface area contributed by atoms with Crippen molar-refractivity contribution >= 4 is 49.1 Å². The van der Waals surface area contributed by atoms with Crippen molar-refractivity contribution in [2.45, 2.75) is 30.5 Å². The summed E-state index contributed by atoms with van der Waals surface area (Å²) in [4.78, 5) is 28.6. The largest absolute Gasteiger partial charge is 0.466 e. The molecular weight excluding hydrogens is 493 g/mol. The van der Waals surface area contributed by atoms with Crippen LogP contribution in [0, 0.1) is 5.82 Å². The maximum atomic E-state index is 13.6. The second-order valence-electron chi connectivity index (χ2n) is 7.70. The monoisotopic (exact) mass is 515 g/mol. The van der Waals surface area contributed by atoms with Gasteiger partial charge in [0.2, 0.25) is 5.91 Å². The Morgan fingerprint density at radius 3 is 2.74 bits per heavy atom. The molecule has 11 heteroatoms. The predicted molar refractivity (Wildman–Crippen MR) is 130 cm³/mol. The lowest BCUT2D eigenvalue weighted by Crippen LogP contribution is -2.18. The van der Waals surface area contributed by atoms with Gasteiger partial charge in [-0.2, -0.15) is 0 Å². The van der Waals surface area contributed by atoms with Gasteiger partial charge in [0.1, 0.15) is 12.4 Å². The minimum absolute atomic E-state index is 0.00891. The Morgan fingerprint density at radius 2 is 1.97 bits per heavy atom. The van der Waals surface area contributed by atoms with Crippen molar-refractivity contribution in [1.29, 1.82) is 0 Å². The molecule has 2 heterocycles. The van der Waals surface area contributed by atoms with Crippen molar-refractivity contribution in [3.63, 3.8) is 0 Å². The summed E-state index contributed by atoms with van der Waals surface area (Å²) in [5, 5.41) is 5.14. The van der Waals surface area contributed by atoms with Crippen LogP contribution in [0.4, 0.5) is 9.52 Å². The van der Waals surface area contributed by atoms with E-state index < -0.39 is 27.5 Å². The number of ether oxygens (including phenoxy) is 1.